The van der Waals surface area contributed by atoms with Crippen LogP contribution in [0.5, 0.6) is 0 Å². The Balaban J connectivity index is 1.59. The standard InChI is InChI=1S/C21H24N4O/c1-2-3-13-22-18-9-11-19(12-10-18)24-20(26)16-25-15-14-23-21(25)17-7-5-4-6-8-17/h4-12,14-15,22H,2-3,13,16H2,1H3,(H,24,26). The van der Waals surface area contributed by atoms with Crippen LogP contribution in [-0.2, 0) is 11.3 Å². The summed E-state index contributed by atoms with van der Waals surface area (Å²) in [6.45, 7) is 3.36. The van der Waals surface area contributed by atoms with E-state index in [-0.39, 0.29) is 12.5 Å². The van der Waals surface area contributed by atoms with Crippen molar-refractivity contribution < 1.29 is 4.79 Å². The van der Waals surface area contributed by atoms with Crippen molar-refractivity contribution in [3.8, 4) is 11.4 Å². The zero-order valence-electron chi connectivity index (χ0n) is 15.0. The number of carbonyl (C=O) groups is 1. The molecule has 134 valence electrons. The fourth-order valence-electron chi connectivity index (χ4n) is 2.72. The quantitative estimate of drug-likeness (QED) is 0.593. The van der Waals surface area contributed by atoms with Gasteiger partial charge in [0.2, 0.25) is 5.91 Å². The predicted molar refractivity (Wildman–Crippen MR) is 106 cm³/mol. The van der Waals surface area contributed by atoms with Gasteiger partial charge < -0.3 is 15.2 Å². The number of nitrogens with one attached hydrogen (secondary N) is 2. The average Bonchev–Trinajstić information content (AvgIpc) is 3.12. The maximum atomic E-state index is 12.4. The lowest BCUT2D eigenvalue weighted by Gasteiger charge is -2.10. The first-order chi connectivity index (χ1) is 12.8. The summed E-state index contributed by atoms with van der Waals surface area (Å²) in [6, 6.07) is 17.7. The van der Waals surface area contributed by atoms with Gasteiger partial charge in [-0.05, 0) is 30.7 Å². The molecule has 5 heteroatoms. The van der Waals surface area contributed by atoms with Gasteiger partial charge >= 0.3 is 0 Å². The summed E-state index contributed by atoms with van der Waals surface area (Å²) in [5.74, 6) is 0.711. The van der Waals surface area contributed by atoms with Gasteiger partial charge in [-0.1, -0.05) is 43.7 Å². The van der Waals surface area contributed by atoms with Gasteiger partial charge in [0.05, 0.1) is 0 Å². The van der Waals surface area contributed by atoms with Gasteiger partial charge in [-0.25, -0.2) is 4.98 Å². The molecule has 2 N–H and O–H groups in total. The van der Waals surface area contributed by atoms with Crippen LogP contribution in [0.2, 0.25) is 0 Å². The number of carbonyl (C=O) groups excluding carboxylic acids is 1. The smallest absolute Gasteiger partial charge is 0.244 e. The summed E-state index contributed by atoms with van der Waals surface area (Å²) in [7, 11) is 0. The molecule has 0 saturated carbocycles. The molecule has 0 saturated heterocycles. The molecule has 0 unspecified atom stereocenters. The maximum Gasteiger partial charge on any atom is 0.244 e. The highest BCUT2D eigenvalue weighted by Crippen LogP contribution is 2.17. The summed E-state index contributed by atoms with van der Waals surface area (Å²) < 4.78 is 1.85. The van der Waals surface area contributed by atoms with Crippen LogP contribution in [0.15, 0.2) is 67.0 Å². The molecule has 0 aliphatic heterocycles. The molecular formula is C21H24N4O. The van der Waals surface area contributed by atoms with Crippen molar-refractivity contribution >= 4 is 17.3 Å². The van der Waals surface area contributed by atoms with Crippen LogP contribution in [0, 0.1) is 0 Å². The number of aromatic nitrogens is 2. The van der Waals surface area contributed by atoms with Crippen LogP contribution < -0.4 is 10.6 Å². The Labute approximate surface area is 154 Å². The minimum absolute atomic E-state index is 0.0770. The van der Waals surface area contributed by atoms with Gasteiger partial charge in [-0.15, -0.1) is 0 Å². The summed E-state index contributed by atoms with van der Waals surface area (Å²) >= 11 is 0. The third-order valence-electron chi connectivity index (χ3n) is 4.09. The Morgan fingerprint density at radius 2 is 1.77 bits per heavy atom. The molecule has 1 aromatic heterocycles. The highest BCUT2D eigenvalue weighted by Gasteiger charge is 2.09. The minimum atomic E-state index is -0.0770. The van der Waals surface area contributed by atoms with E-state index in [0.29, 0.717) is 0 Å². The fourth-order valence-corrected chi connectivity index (χ4v) is 2.72. The van der Waals surface area contributed by atoms with E-state index in [1.165, 1.54) is 6.42 Å². The molecule has 3 aromatic rings. The third kappa shape index (κ3) is 4.72. The van der Waals surface area contributed by atoms with Crippen molar-refractivity contribution in [2.75, 3.05) is 17.2 Å². The van der Waals surface area contributed by atoms with Crippen LogP contribution in [0.4, 0.5) is 11.4 Å². The molecule has 1 heterocycles. The van der Waals surface area contributed by atoms with Gasteiger partial charge in [0.25, 0.3) is 0 Å². The molecule has 0 aliphatic rings. The van der Waals surface area contributed by atoms with Crippen LogP contribution >= 0.6 is 0 Å². The second-order valence-corrected chi connectivity index (χ2v) is 6.15. The highest BCUT2D eigenvalue weighted by molar-refractivity contribution is 5.91. The number of hydrogen-bond acceptors (Lipinski definition) is 3. The normalized spacial score (nSPS) is 10.5. The number of amides is 1. The Morgan fingerprint density at radius 1 is 1.04 bits per heavy atom. The number of anilines is 2. The van der Waals surface area contributed by atoms with E-state index in [9.17, 15) is 4.79 Å². The van der Waals surface area contributed by atoms with Gasteiger partial charge in [-0.3, -0.25) is 4.79 Å². The Hall–Kier alpha value is -3.08. The van der Waals surface area contributed by atoms with Crippen LogP contribution in [0.25, 0.3) is 11.4 Å². The number of imidazole rings is 1. The lowest BCUT2D eigenvalue weighted by atomic mass is 10.2. The van der Waals surface area contributed by atoms with E-state index in [4.69, 9.17) is 0 Å². The Bertz CT molecular complexity index is 825. The zero-order chi connectivity index (χ0) is 18.2. The molecule has 0 radical (unpaired) electrons. The molecule has 26 heavy (non-hydrogen) atoms. The van der Waals surface area contributed by atoms with E-state index in [1.807, 2.05) is 65.4 Å². The van der Waals surface area contributed by atoms with Crippen molar-refractivity contribution in [2.24, 2.45) is 0 Å². The van der Waals surface area contributed by atoms with Crippen molar-refractivity contribution in [3.63, 3.8) is 0 Å². The first-order valence-corrected chi connectivity index (χ1v) is 8.96. The molecule has 3 rings (SSSR count). The average molecular weight is 348 g/mol. The van der Waals surface area contributed by atoms with E-state index in [0.717, 1.165) is 35.7 Å². The fraction of sp³-hybridized carbons (Fsp3) is 0.238. The largest absolute Gasteiger partial charge is 0.385 e. The second-order valence-electron chi connectivity index (χ2n) is 6.15. The molecule has 0 spiro atoms. The Kier molecular flexibility index (Phi) is 6.04. The zero-order valence-corrected chi connectivity index (χ0v) is 15.0. The highest BCUT2D eigenvalue weighted by atomic mass is 16.1. The molecule has 0 bridgehead atoms. The third-order valence-corrected chi connectivity index (χ3v) is 4.09. The molecule has 1 amide bonds. The molecule has 0 aliphatic carbocycles. The lowest BCUT2D eigenvalue weighted by Crippen LogP contribution is -2.19. The number of unbranched alkanes of at least 4 members (excludes halogenated alkanes) is 1. The topological polar surface area (TPSA) is 58.9 Å². The lowest BCUT2D eigenvalue weighted by molar-refractivity contribution is -0.116. The van der Waals surface area contributed by atoms with Gasteiger partial charge in [0.1, 0.15) is 12.4 Å². The summed E-state index contributed by atoms with van der Waals surface area (Å²) in [5.41, 5.74) is 2.85. The van der Waals surface area contributed by atoms with Crippen molar-refractivity contribution in [3.05, 3.63) is 67.0 Å². The van der Waals surface area contributed by atoms with Gasteiger partial charge in [0, 0.05) is 35.9 Å². The van der Waals surface area contributed by atoms with E-state index in [2.05, 4.69) is 22.5 Å². The van der Waals surface area contributed by atoms with Gasteiger partial charge in [0.15, 0.2) is 0 Å². The van der Waals surface area contributed by atoms with Crippen molar-refractivity contribution in [2.45, 2.75) is 26.3 Å². The number of rotatable bonds is 8. The molecule has 2 aromatic carbocycles. The second kappa shape index (κ2) is 8.85. The molecule has 5 nitrogen and oxygen atoms in total. The summed E-state index contributed by atoms with van der Waals surface area (Å²) in [6.07, 6.45) is 5.85. The van der Waals surface area contributed by atoms with E-state index >= 15 is 0 Å². The van der Waals surface area contributed by atoms with Crippen molar-refractivity contribution in [1.82, 2.24) is 9.55 Å². The van der Waals surface area contributed by atoms with E-state index < -0.39 is 0 Å². The number of nitrogens with zero attached hydrogens (tertiary/aromatic N) is 2. The molecule has 0 atom stereocenters. The molecular weight excluding hydrogens is 324 g/mol. The minimum Gasteiger partial charge on any atom is -0.385 e. The predicted octanol–water partition coefficient (Wildman–Crippen LogP) is 4.40. The summed E-state index contributed by atoms with van der Waals surface area (Å²) in [4.78, 5) is 16.8. The van der Waals surface area contributed by atoms with Crippen molar-refractivity contribution in [1.29, 1.82) is 0 Å². The Morgan fingerprint density at radius 3 is 2.50 bits per heavy atom. The molecule has 0 fully saturated rings. The van der Waals surface area contributed by atoms with E-state index in [1.54, 1.807) is 6.20 Å². The van der Waals surface area contributed by atoms with Crippen LogP contribution in [0.1, 0.15) is 19.8 Å². The first-order valence-electron chi connectivity index (χ1n) is 8.96. The number of benzene rings is 2. The van der Waals surface area contributed by atoms with Crippen LogP contribution in [-0.4, -0.2) is 22.0 Å². The maximum absolute atomic E-state index is 12.4. The summed E-state index contributed by atoms with van der Waals surface area (Å²) in [5, 5.41) is 6.30. The number of hydrogen-bond donors (Lipinski definition) is 2. The van der Waals surface area contributed by atoms with Crippen LogP contribution in [0.3, 0.4) is 0 Å². The van der Waals surface area contributed by atoms with Gasteiger partial charge in [-0.2, -0.15) is 0 Å². The SMILES string of the molecule is CCCCNc1ccc(NC(=O)Cn2ccnc2-c2ccccc2)cc1. The first kappa shape index (κ1) is 17.7. The monoisotopic (exact) mass is 348 g/mol.